The van der Waals surface area contributed by atoms with E-state index >= 15 is 0 Å². The Bertz CT molecular complexity index is 1170. The summed E-state index contributed by atoms with van der Waals surface area (Å²) in [6, 6.07) is 11.6. The van der Waals surface area contributed by atoms with Gasteiger partial charge in [-0.1, -0.05) is 23.7 Å². The van der Waals surface area contributed by atoms with Gasteiger partial charge in [0, 0.05) is 23.3 Å². The number of halogens is 2. The van der Waals surface area contributed by atoms with Crippen molar-refractivity contribution in [3.63, 3.8) is 0 Å². The summed E-state index contributed by atoms with van der Waals surface area (Å²) in [4.78, 5) is 29.2. The zero-order valence-electron chi connectivity index (χ0n) is 17.6. The molecule has 0 aliphatic carbocycles. The van der Waals surface area contributed by atoms with Crippen LogP contribution in [0.15, 0.2) is 52.1 Å². The van der Waals surface area contributed by atoms with Gasteiger partial charge >= 0.3 is 11.4 Å². The number of nitrogens with zero attached hydrogens (tertiary/aromatic N) is 3. The van der Waals surface area contributed by atoms with Crippen LogP contribution >= 0.6 is 11.6 Å². The number of hydrogen-bond donors (Lipinski definition) is 1. The summed E-state index contributed by atoms with van der Waals surface area (Å²) in [7, 11) is 0. The number of anilines is 1. The van der Waals surface area contributed by atoms with E-state index in [4.69, 9.17) is 16.3 Å². The molecule has 0 amide bonds. The summed E-state index contributed by atoms with van der Waals surface area (Å²) in [6.07, 6.45) is -0.148. The molecule has 0 unspecified atom stereocenters. The van der Waals surface area contributed by atoms with Crippen molar-refractivity contribution in [1.82, 2.24) is 14.1 Å². The first kappa shape index (κ1) is 22.6. The molecule has 3 rings (SSSR count). The minimum absolute atomic E-state index is 0.0620. The Morgan fingerprint density at radius 2 is 1.84 bits per heavy atom. The van der Waals surface area contributed by atoms with Crippen LogP contribution in [0.4, 0.5) is 10.1 Å². The summed E-state index contributed by atoms with van der Waals surface area (Å²) in [5, 5.41) is 3.61. The van der Waals surface area contributed by atoms with E-state index < -0.39 is 17.2 Å². The third-order valence-corrected chi connectivity index (χ3v) is 4.80. The lowest BCUT2D eigenvalue weighted by molar-refractivity contribution is 0.231. The van der Waals surface area contributed by atoms with Gasteiger partial charge in [0.25, 0.3) is 0 Å². The normalized spacial score (nSPS) is 11.0. The Labute approximate surface area is 184 Å². The smallest absolute Gasteiger partial charge is 0.353 e. The number of hydrogen-bond acceptors (Lipinski definition) is 5. The minimum atomic E-state index is -0.622. The number of benzene rings is 2. The van der Waals surface area contributed by atoms with Crippen molar-refractivity contribution in [2.24, 2.45) is 0 Å². The predicted molar refractivity (Wildman–Crippen MR) is 118 cm³/mol. The molecule has 0 radical (unpaired) electrons. The molecule has 7 nitrogen and oxygen atoms in total. The van der Waals surface area contributed by atoms with Crippen molar-refractivity contribution in [3.05, 3.63) is 85.7 Å². The highest BCUT2D eigenvalue weighted by atomic mass is 35.5. The van der Waals surface area contributed by atoms with Gasteiger partial charge in [-0.05, 0) is 50.6 Å². The van der Waals surface area contributed by atoms with E-state index in [2.05, 4.69) is 10.3 Å². The van der Waals surface area contributed by atoms with Gasteiger partial charge in [0.1, 0.15) is 5.82 Å². The van der Waals surface area contributed by atoms with Crippen LogP contribution in [0.5, 0.6) is 5.75 Å². The van der Waals surface area contributed by atoms with Crippen LogP contribution in [0.2, 0.25) is 5.02 Å². The van der Waals surface area contributed by atoms with Crippen LogP contribution in [0.25, 0.3) is 0 Å². The quantitative estimate of drug-likeness (QED) is 0.571. The summed E-state index contributed by atoms with van der Waals surface area (Å²) >= 11 is 5.94. The molecule has 0 spiro atoms. The molecule has 9 heteroatoms. The third-order valence-electron chi connectivity index (χ3n) is 4.54. The number of rotatable bonds is 8. The van der Waals surface area contributed by atoms with E-state index in [1.165, 1.54) is 16.7 Å². The zero-order chi connectivity index (χ0) is 22.5. The fourth-order valence-corrected chi connectivity index (χ4v) is 3.17. The molecular weight excluding hydrogens is 423 g/mol. The Balaban J connectivity index is 1.89. The van der Waals surface area contributed by atoms with Crippen LogP contribution in [-0.2, 0) is 19.6 Å². The van der Waals surface area contributed by atoms with Crippen molar-refractivity contribution in [3.8, 4) is 5.75 Å². The molecule has 0 fully saturated rings. The first-order chi connectivity index (χ1) is 14.8. The van der Waals surface area contributed by atoms with Gasteiger partial charge < -0.3 is 10.1 Å². The van der Waals surface area contributed by atoms with Crippen molar-refractivity contribution < 1.29 is 9.13 Å². The van der Waals surface area contributed by atoms with Gasteiger partial charge in [-0.25, -0.2) is 18.5 Å². The molecule has 0 atom stereocenters. The van der Waals surface area contributed by atoms with Gasteiger partial charge in [0.15, 0.2) is 11.6 Å². The van der Waals surface area contributed by atoms with E-state index in [1.54, 1.807) is 37.3 Å². The van der Waals surface area contributed by atoms with Gasteiger partial charge in [-0.3, -0.25) is 4.57 Å². The molecule has 0 saturated carbocycles. The highest BCUT2D eigenvalue weighted by molar-refractivity contribution is 6.30. The molecule has 1 aromatic heterocycles. The molecule has 1 heterocycles. The average molecular weight is 447 g/mol. The molecule has 0 aliphatic rings. The molecule has 2 aromatic carbocycles. The highest BCUT2D eigenvalue weighted by Gasteiger charge is 2.14. The third kappa shape index (κ3) is 5.52. The lowest BCUT2D eigenvalue weighted by atomic mass is 10.2. The molecule has 0 bridgehead atoms. The average Bonchev–Trinajstić information content (AvgIpc) is 2.72. The summed E-state index contributed by atoms with van der Waals surface area (Å²) in [6.45, 7) is 5.83. The van der Waals surface area contributed by atoms with Gasteiger partial charge in [0.05, 0.1) is 19.2 Å². The van der Waals surface area contributed by atoms with Crippen molar-refractivity contribution in [2.45, 2.75) is 46.5 Å². The first-order valence-corrected chi connectivity index (χ1v) is 10.3. The maximum atomic E-state index is 14.3. The Kier molecular flexibility index (Phi) is 7.12. The highest BCUT2D eigenvalue weighted by Crippen LogP contribution is 2.22. The van der Waals surface area contributed by atoms with E-state index in [-0.39, 0.29) is 37.3 Å². The summed E-state index contributed by atoms with van der Waals surface area (Å²) in [5.41, 5.74) is 0.224. The Morgan fingerprint density at radius 3 is 2.45 bits per heavy atom. The molecule has 3 aromatic rings. The second-order valence-corrected chi connectivity index (χ2v) is 7.65. The summed E-state index contributed by atoms with van der Waals surface area (Å²) in [5.74, 6) is -0.104. The fraction of sp³-hybridized carbons (Fsp3) is 0.318. The van der Waals surface area contributed by atoms with E-state index in [0.717, 1.165) is 10.1 Å². The number of aromatic nitrogens is 3. The Morgan fingerprint density at radius 1 is 1.13 bits per heavy atom. The van der Waals surface area contributed by atoms with Crippen molar-refractivity contribution in [1.29, 1.82) is 0 Å². The molecule has 31 heavy (non-hydrogen) atoms. The van der Waals surface area contributed by atoms with Gasteiger partial charge in [0.2, 0.25) is 0 Å². The number of ether oxygens (including phenoxy) is 1. The van der Waals surface area contributed by atoms with Crippen LogP contribution in [-0.4, -0.2) is 20.2 Å². The lowest BCUT2D eigenvalue weighted by Crippen LogP contribution is -2.43. The molecular formula is C22H24ClFN4O3. The number of nitrogens with one attached hydrogen (secondary N) is 1. The topological polar surface area (TPSA) is 78.2 Å². The van der Waals surface area contributed by atoms with Crippen LogP contribution in [0, 0.1) is 5.82 Å². The minimum Gasteiger partial charge on any atom is -0.488 e. The molecule has 0 aliphatic heterocycles. The maximum Gasteiger partial charge on any atom is 0.353 e. The molecule has 1 N–H and O–H groups in total. The van der Waals surface area contributed by atoms with E-state index in [1.807, 2.05) is 13.8 Å². The van der Waals surface area contributed by atoms with E-state index in [9.17, 15) is 14.0 Å². The van der Waals surface area contributed by atoms with Crippen LogP contribution < -0.4 is 21.4 Å². The summed E-state index contributed by atoms with van der Waals surface area (Å²) < 4.78 is 22.2. The second kappa shape index (κ2) is 9.78. The van der Waals surface area contributed by atoms with Gasteiger partial charge in [-0.15, -0.1) is 0 Å². The first-order valence-electron chi connectivity index (χ1n) is 9.93. The van der Waals surface area contributed by atoms with Crippen LogP contribution in [0.1, 0.15) is 32.2 Å². The predicted octanol–water partition coefficient (Wildman–Crippen LogP) is 3.67. The Hall–Kier alpha value is -3.13. The zero-order valence-corrected chi connectivity index (χ0v) is 18.3. The largest absolute Gasteiger partial charge is 0.488 e. The standard InChI is InChI=1S/C22H24ClFN4O3/c1-4-27-21(29)26-20(28(22(27)30)13-15-5-7-16(23)8-6-15)12-25-17-9-10-19(18(24)11-17)31-14(2)3/h5-11,14,25H,4,12-13H2,1-3H3. The van der Waals surface area contributed by atoms with Crippen molar-refractivity contribution in [2.75, 3.05) is 5.32 Å². The lowest BCUT2D eigenvalue weighted by Gasteiger charge is -2.16. The van der Waals surface area contributed by atoms with Crippen molar-refractivity contribution >= 4 is 17.3 Å². The van der Waals surface area contributed by atoms with Crippen LogP contribution in [0.3, 0.4) is 0 Å². The molecule has 164 valence electrons. The second-order valence-electron chi connectivity index (χ2n) is 7.22. The maximum absolute atomic E-state index is 14.3. The van der Waals surface area contributed by atoms with E-state index in [0.29, 0.717) is 10.7 Å². The SMILES string of the molecule is CCn1c(=O)nc(CNc2ccc(OC(C)C)c(F)c2)n(Cc2ccc(Cl)cc2)c1=O. The molecule has 0 saturated heterocycles. The fourth-order valence-electron chi connectivity index (χ4n) is 3.05. The monoisotopic (exact) mass is 446 g/mol. The van der Waals surface area contributed by atoms with Gasteiger partial charge in [-0.2, -0.15) is 4.98 Å².